The van der Waals surface area contributed by atoms with Crippen molar-refractivity contribution in [3.63, 3.8) is 0 Å². The van der Waals surface area contributed by atoms with Gasteiger partial charge in [-0.3, -0.25) is 9.59 Å². The summed E-state index contributed by atoms with van der Waals surface area (Å²) in [6.07, 6.45) is 8.34. The lowest BCUT2D eigenvalue weighted by molar-refractivity contribution is -0.121. The first-order valence-electron chi connectivity index (χ1n) is 8.19. The Morgan fingerprint density at radius 1 is 1.26 bits per heavy atom. The highest BCUT2D eigenvalue weighted by Gasteiger charge is 2.39. The summed E-state index contributed by atoms with van der Waals surface area (Å²) >= 11 is 5.95. The van der Waals surface area contributed by atoms with E-state index in [-0.39, 0.29) is 18.2 Å². The smallest absolute Gasteiger partial charge is 0.251 e. The number of nitrogens with one attached hydrogen (secondary N) is 1. The van der Waals surface area contributed by atoms with Gasteiger partial charge in [-0.15, -0.1) is 0 Å². The highest BCUT2D eigenvalue weighted by Crippen LogP contribution is 2.25. The van der Waals surface area contributed by atoms with Crippen molar-refractivity contribution in [3.8, 4) is 0 Å². The van der Waals surface area contributed by atoms with Gasteiger partial charge in [0, 0.05) is 5.02 Å². The molecular weight excluding hydrogens is 312 g/mol. The SMILES string of the molecule is O=C1C[C@H](NCCC2=CCCCC2)C(=O)N1c1cccc(Cl)c1. The lowest BCUT2D eigenvalue weighted by Crippen LogP contribution is -2.39. The molecule has 0 bridgehead atoms. The van der Waals surface area contributed by atoms with E-state index in [1.807, 2.05) is 0 Å². The van der Waals surface area contributed by atoms with Gasteiger partial charge < -0.3 is 5.32 Å². The van der Waals surface area contributed by atoms with Crippen LogP contribution in [0.3, 0.4) is 0 Å². The Balaban J connectivity index is 1.59. The molecule has 122 valence electrons. The molecule has 1 aliphatic carbocycles. The molecule has 4 nitrogen and oxygen atoms in total. The predicted octanol–water partition coefficient (Wildman–Crippen LogP) is 3.45. The Bertz CT molecular complexity index is 642. The molecule has 0 unspecified atom stereocenters. The van der Waals surface area contributed by atoms with Crippen molar-refractivity contribution in [1.29, 1.82) is 0 Å². The Morgan fingerprint density at radius 3 is 2.87 bits per heavy atom. The van der Waals surface area contributed by atoms with Crippen molar-refractivity contribution in [1.82, 2.24) is 5.32 Å². The second-order valence-corrected chi connectivity index (χ2v) is 6.55. The topological polar surface area (TPSA) is 49.4 Å². The van der Waals surface area contributed by atoms with Crippen LogP contribution in [-0.2, 0) is 9.59 Å². The van der Waals surface area contributed by atoms with Crippen molar-refractivity contribution < 1.29 is 9.59 Å². The second kappa shape index (κ2) is 7.28. The molecular formula is C18H21ClN2O2. The molecule has 1 heterocycles. The fraction of sp³-hybridized carbons (Fsp3) is 0.444. The maximum absolute atomic E-state index is 12.5. The van der Waals surface area contributed by atoms with Crippen LogP contribution in [0.5, 0.6) is 0 Å². The molecule has 2 amide bonds. The monoisotopic (exact) mass is 332 g/mol. The first-order valence-corrected chi connectivity index (χ1v) is 8.56. The maximum Gasteiger partial charge on any atom is 0.251 e. The minimum Gasteiger partial charge on any atom is -0.305 e. The van der Waals surface area contributed by atoms with Crippen molar-refractivity contribution in [2.24, 2.45) is 0 Å². The number of rotatable bonds is 5. The number of nitrogens with zero attached hydrogens (tertiary/aromatic N) is 1. The number of carbonyl (C=O) groups excluding carboxylic acids is 2. The average molecular weight is 333 g/mol. The van der Waals surface area contributed by atoms with Gasteiger partial charge in [0.15, 0.2) is 0 Å². The van der Waals surface area contributed by atoms with Crippen molar-refractivity contribution >= 4 is 29.1 Å². The maximum atomic E-state index is 12.5. The van der Waals surface area contributed by atoms with Crippen molar-refractivity contribution in [2.75, 3.05) is 11.4 Å². The van der Waals surface area contributed by atoms with Crippen LogP contribution < -0.4 is 10.2 Å². The Labute approximate surface area is 141 Å². The number of benzene rings is 1. The Hall–Kier alpha value is -1.65. The number of hydrogen-bond donors (Lipinski definition) is 1. The van der Waals surface area contributed by atoms with E-state index in [0.717, 1.165) is 19.4 Å². The van der Waals surface area contributed by atoms with Crippen LogP contribution in [0.2, 0.25) is 5.02 Å². The molecule has 23 heavy (non-hydrogen) atoms. The van der Waals surface area contributed by atoms with Gasteiger partial charge in [-0.05, 0) is 56.8 Å². The largest absolute Gasteiger partial charge is 0.305 e. The molecule has 0 spiro atoms. The fourth-order valence-corrected chi connectivity index (χ4v) is 3.40. The van der Waals surface area contributed by atoms with E-state index in [0.29, 0.717) is 10.7 Å². The van der Waals surface area contributed by atoms with E-state index < -0.39 is 6.04 Å². The minimum atomic E-state index is -0.425. The Morgan fingerprint density at radius 2 is 2.13 bits per heavy atom. The normalized spacial score (nSPS) is 21.7. The molecule has 0 aromatic heterocycles. The predicted molar refractivity (Wildman–Crippen MR) is 91.5 cm³/mol. The van der Waals surface area contributed by atoms with Crippen LogP contribution in [0.15, 0.2) is 35.9 Å². The number of imide groups is 1. The highest BCUT2D eigenvalue weighted by atomic mass is 35.5. The number of carbonyl (C=O) groups is 2. The van der Waals surface area contributed by atoms with Gasteiger partial charge in [0.05, 0.1) is 18.2 Å². The lowest BCUT2D eigenvalue weighted by atomic mass is 9.97. The zero-order chi connectivity index (χ0) is 16.2. The van der Waals surface area contributed by atoms with Gasteiger partial charge in [0.1, 0.15) is 0 Å². The molecule has 1 aromatic rings. The van der Waals surface area contributed by atoms with E-state index in [1.54, 1.807) is 24.3 Å². The van der Waals surface area contributed by atoms with Crippen LogP contribution in [0.1, 0.15) is 38.5 Å². The molecule has 1 N–H and O–H groups in total. The summed E-state index contributed by atoms with van der Waals surface area (Å²) in [6, 6.07) is 6.42. The number of allylic oxidation sites excluding steroid dienone is 1. The Kier molecular flexibility index (Phi) is 5.13. The van der Waals surface area contributed by atoms with E-state index in [1.165, 1.54) is 29.7 Å². The van der Waals surface area contributed by atoms with Crippen LogP contribution in [0, 0.1) is 0 Å². The van der Waals surface area contributed by atoms with Crippen LogP contribution >= 0.6 is 11.6 Å². The molecule has 1 fully saturated rings. The third kappa shape index (κ3) is 3.82. The van der Waals surface area contributed by atoms with Crippen LogP contribution in [0.4, 0.5) is 5.69 Å². The quantitative estimate of drug-likeness (QED) is 0.663. The first-order chi connectivity index (χ1) is 11.1. The lowest BCUT2D eigenvalue weighted by Gasteiger charge is -2.17. The van der Waals surface area contributed by atoms with Crippen molar-refractivity contribution in [3.05, 3.63) is 40.9 Å². The van der Waals surface area contributed by atoms with E-state index in [9.17, 15) is 9.59 Å². The van der Waals surface area contributed by atoms with E-state index in [4.69, 9.17) is 11.6 Å². The van der Waals surface area contributed by atoms with Crippen molar-refractivity contribution in [2.45, 2.75) is 44.6 Å². The molecule has 2 aliphatic rings. The fourth-order valence-electron chi connectivity index (χ4n) is 3.22. The standard InChI is InChI=1S/C18H21ClN2O2/c19-14-7-4-8-15(11-14)21-17(22)12-16(18(21)23)20-10-9-13-5-2-1-3-6-13/h4-5,7-8,11,16,20H,1-3,6,9-10,12H2/t16-/m0/s1. The van der Waals surface area contributed by atoms with E-state index in [2.05, 4.69) is 11.4 Å². The van der Waals surface area contributed by atoms with Gasteiger partial charge >= 0.3 is 0 Å². The van der Waals surface area contributed by atoms with Gasteiger partial charge in [-0.2, -0.15) is 0 Å². The zero-order valence-electron chi connectivity index (χ0n) is 13.1. The summed E-state index contributed by atoms with van der Waals surface area (Å²) in [5, 5.41) is 3.75. The summed E-state index contributed by atoms with van der Waals surface area (Å²) in [5.74, 6) is -0.360. The summed E-state index contributed by atoms with van der Waals surface area (Å²) in [7, 11) is 0. The molecule has 0 radical (unpaired) electrons. The molecule has 1 saturated heterocycles. The summed E-state index contributed by atoms with van der Waals surface area (Å²) < 4.78 is 0. The average Bonchev–Trinajstić information content (AvgIpc) is 2.82. The molecule has 1 aromatic carbocycles. The van der Waals surface area contributed by atoms with Gasteiger partial charge in [-0.1, -0.05) is 29.3 Å². The molecule has 5 heteroatoms. The summed E-state index contributed by atoms with van der Waals surface area (Å²) in [6.45, 7) is 0.735. The number of halogens is 1. The second-order valence-electron chi connectivity index (χ2n) is 6.12. The van der Waals surface area contributed by atoms with Crippen LogP contribution in [0.25, 0.3) is 0 Å². The third-order valence-corrected chi connectivity index (χ3v) is 4.67. The highest BCUT2D eigenvalue weighted by molar-refractivity contribution is 6.31. The summed E-state index contributed by atoms with van der Waals surface area (Å²) in [5.41, 5.74) is 2.01. The van der Waals surface area contributed by atoms with Gasteiger partial charge in [0.25, 0.3) is 5.91 Å². The molecule has 0 saturated carbocycles. The zero-order valence-corrected chi connectivity index (χ0v) is 13.8. The van der Waals surface area contributed by atoms with E-state index >= 15 is 0 Å². The number of anilines is 1. The van der Waals surface area contributed by atoms with Crippen LogP contribution in [-0.4, -0.2) is 24.4 Å². The van der Waals surface area contributed by atoms with Gasteiger partial charge in [-0.25, -0.2) is 4.90 Å². The summed E-state index contributed by atoms with van der Waals surface area (Å²) in [4.78, 5) is 25.9. The minimum absolute atomic E-state index is 0.174. The molecule has 3 rings (SSSR count). The number of amides is 2. The molecule has 1 atom stereocenters. The van der Waals surface area contributed by atoms with Gasteiger partial charge in [0.2, 0.25) is 5.91 Å². The first kappa shape index (κ1) is 16.2. The molecule has 1 aliphatic heterocycles. The number of hydrogen-bond acceptors (Lipinski definition) is 3. The third-order valence-electron chi connectivity index (χ3n) is 4.43.